The Kier molecular flexibility index (Phi) is 7.07. The largest absolute Gasteiger partial charge is 0.355 e. The highest BCUT2D eigenvalue weighted by atomic mass is 35.5. The zero-order valence-corrected chi connectivity index (χ0v) is 18.4. The summed E-state index contributed by atoms with van der Waals surface area (Å²) in [5, 5.41) is 4.56. The molecule has 0 radical (unpaired) electrons. The fourth-order valence-corrected chi connectivity index (χ4v) is 4.53. The summed E-state index contributed by atoms with van der Waals surface area (Å²) in [6, 6.07) is 15.6. The van der Waals surface area contributed by atoms with Crippen molar-refractivity contribution in [2.24, 2.45) is 0 Å². The van der Waals surface area contributed by atoms with Gasteiger partial charge in [0.1, 0.15) is 5.03 Å². The van der Waals surface area contributed by atoms with E-state index in [0.717, 1.165) is 52.0 Å². The lowest BCUT2D eigenvalue weighted by molar-refractivity contribution is -0.118. The Hall–Kier alpha value is -2.31. The van der Waals surface area contributed by atoms with Gasteiger partial charge in [0.05, 0.1) is 16.8 Å². The molecule has 1 aromatic heterocycles. The van der Waals surface area contributed by atoms with Crippen molar-refractivity contribution in [2.45, 2.75) is 30.7 Å². The van der Waals surface area contributed by atoms with Crippen LogP contribution in [0.25, 0.3) is 11.0 Å². The van der Waals surface area contributed by atoms with Gasteiger partial charge in [0.15, 0.2) is 5.82 Å². The molecule has 0 unspecified atom stereocenters. The van der Waals surface area contributed by atoms with Crippen LogP contribution < -0.4 is 10.2 Å². The number of hydrogen-bond acceptors (Lipinski definition) is 5. The van der Waals surface area contributed by atoms with Crippen LogP contribution in [-0.4, -0.2) is 41.3 Å². The average Bonchev–Trinajstić information content (AvgIpc) is 2.79. The monoisotopic (exact) mass is 440 g/mol. The minimum absolute atomic E-state index is 0.00789. The number of thioether (sulfide) groups is 1. The Balaban J connectivity index is 1.39. The molecule has 5 nitrogen and oxygen atoms in total. The lowest BCUT2D eigenvalue weighted by atomic mass is 10.1. The molecular weight excluding hydrogens is 416 g/mol. The summed E-state index contributed by atoms with van der Waals surface area (Å²) in [6.45, 7) is 2.59. The minimum atomic E-state index is 0.00789. The molecule has 1 saturated heterocycles. The standard InChI is InChI=1S/C23H25ClN4OS/c24-18-10-8-17(9-11-18)12-13-25-21(29)16-30-23-22(28-14-4-1-5-15-28)26-19-6-2-3-7-20(19)27-23/h2-3,6-11H,1,4-5,12-16H2,(H,25,29). The van der Waals surface area contributed by atoms with E-state index in [1.165, 1.54) is 31.0 Å². The second-order valence-electron chi connectivity index (χ2n) is 7.40. The van der Waals surface area contributed by atoms with Crippen LogP contribution >= 0.6 is 23.4 Å². The van der Waals surface area contributed by atoms with E-state index in [4.69, 9.17) is 21.6 Å². The normalized spacial score (nSPS) is 14.1. The fraction of sp³-hybridized carbons (Fsp3) is 0.348. The molecule has 0 spiro atoms. The van der Waals surface area contributed by atoms with Crippen LogP contribution in [0.15, 0.2) is 53.6 Å². The summed E-state index contributed by atoms with van der Waals surface area (Å²) in [5.41, 5.74) is 2.92. The van der Waals surface area contributed by atoms with Crippen molar-refractivity contribution < 1.29 is 4.79 Å². The molecule has 0 bridgehead atoms. The van der Waals surface area contributed by atoms with Crippen molar-refractivity contribution in [2.75, 3.05) is 30.3 Å². The zero-order chi connectivity index (χ0) is 20.8. The highest BCUT2D eigenvalue weighted by Gasteiger charge is 2.19. The molecule has 1 aliphatic rings. The summed E-state index contributed by atoms with van der Waals surface area (Å²) in [5.74, 6) is 1.25. The number of amides is 1. The van der Waals surface area contributed by atoms with Crippen molar-refractivity contribution in [1.29, 1.82) is 0 Å². The number of carbonyl (C=O) groups excluding carboxylic acids is 1. The number of rotatable bonds is 7. The van der Waals surface area contributed by atoms with Crippen LogP contribution in [0.3, 0.4) is 0 Å². The number of piperidine rings is 1. The van der Waals surface area contributed by atoms with Crippen LogP contribution in [0, 0.1) is 0 Å². The summed E-state index contributed by atoms with van der Waals surface area (Å²) in [4.78, 5) is 24.4. The number of hydrogen-bond donors (Lipinski definition) is 1. The predicted octanol–water partition coefficient (Wildman–Crippen LogP) is 4.72. The molecule has 2 heterocycles. The predicted molar refractivity (Wildman–Crippen MR) is 124 cm³/mol. The van der Waals surface area contributed by atoms with Gasteiger partial charge in [-0.05, 0) is 55.5 Å². The lowest BCUT2D eigenvalue weighted by Crippen LogP contribution is -2.31. The smallest absolute Gasteiger partial charge is 0.230 e. The number of anilines is 1. The molecule has 0 atom stereocenters. The van der Waals surface area contributed by atoms with Gasteiger partial charge >= 0.3 is 0 Å². The highest BCUT2D eigenvalue weighted by Crippen LogP contribution is 2.30. The molecule has 1 N–H and O–H groups in total. The van der Waals surface area contributed by atoms with Gasteiger partial charge < -0.3 is 10.2 Å². The maximum absolute atomic E-state index is 12.4. The molecule has 156 valence electrons. The quantitative estimate of drug-likeness (QED) is 0.538. The van der Waals surface area contributed by atoms with Crippen LogP contribution in [0.1, 0.15) is 24.8 Å². The lowest BCUT2D eigenvalue weighted by Gasteiger charge is -2.29. The van der Waals surface area contributed by atoms with Gasteiger partial charge in [-0.1, -0.05) is 47.6 Å². The Morgan fingerprint density at radius 3 is 2.43 bits per heavy atom. The fourth-order valence-electron chi connectivity index (χ4n) is 3.57. The van der Waals surface area contributed by atoms with Gasteiger partial charge in [0, 0.05) is 24.7 Å². The number of fused-ring (bicyclic) bond motifs is 1. The molecule has 0 aliphatic carbocycles. The second-order valence-corrected chi connectivity index (χ2v) is 8.80. The molecule has 0 saturated carbocycles. The Morgan fingerprint density at radius 1 is 1.00 bits per heavy atom. The summed E-state index contributed by atoms with van der Waals surface area (Å²) >= 11 is 7.38. The first kappa shape index (κ1) is 20.9. The van der Waals surface area contributed by atoms with E-state index >= 15 is 0 Å². The molecule has 7 heteroatoms. The SMILES string of the molecule is O=C(CSc1nc2ccccc2nc1N1CCCCC1)NCCc1ccc(Cl)cc1. The molecule has 1 amide bonds. The number of nitrogens with one attached hydrogen (secondary N) is 1. The van der Waals surface area contributed by atoms with Crippen molar-refractivity contribution in [3.05, 3.63) is 59.1 Å². The summed E-state index contributed by atoms with van der Waals surface area (Å²) in [7, 11) is 0. The maximum Gasteiger partial charge on any atom is 0.230 e. The third-order valence-electron chi connectivity index (χ3n) is 5.17. The first-order valence-electron chi connectivity index (χ1n) is 10.3. The van der Waals surface area contributed by atoms with E-state index in [9.17, 15) is 4.79 Å². The van der Waals surface area contributed by atoms with Crippen molar-refractivity contribution in [3.63, 3.8) is 0 Å². The van der Waals surface area contributed by atoms with E-state index < -0.39 is 0 Å². The van der Waals surface area contributed by atoms with Crippen LogP contribution in [-0.2, 0) is 11.2 Å². The Labute approximate surface area is 186 Å². The van der Waals surface area contributed by atoms with Crippen molar-refractivity contribution >= 4 is 46.1 Å². The van der Waals surface area contributed by atoms with Gasteiger partial charge in [0.2, 0.25) is 5.91 Å². The number of aromatic nitrogens is 2. The zero-order valence-electron chi connectivity index (χ0n) is 16.8. The number of benzene rings is 2. The number of para-hydroxylation sites is 2. The van der Waals surface area contributed by atoms with Crippen LogP contribution in [0.2, 0.25) is 5.02 Å². The molecule has 3 aromatic rings. The second kappa shape index (κ2) is 10.1. The average molecular weight is 441 g/mol. The molecular formula is C23H25ClN4OS. The summed E-state index contributed by atoms with van der Waals surface area (Å²) < 4.78 is 0. The van der Waals surface area contributed by atoms with Gasteiger partial charge in [-0.25, -0.2) is 9.97 Å². The molecule has 30 heavy (non-hydrogen) atoms. The topological polar surface area (TPSA) is 58.1 Å². The van der Waals surface area contributed by atoms with E-state index in [0.29, 0.717) is 12.3 Å². The third kappa shape index (κ3) is 5.43. The van der Waals surface area contributed by atoms with E-state index in [-0.39, 0.29) is 5.91 Å². The van der Waals surface area contributed by atoms with E-state index in [1.54, 1.807) is 0 Å². The van der Waals surface area contributed by atoms with Crippen molar-refractivity contribution in [1.82, 2.24) is 15.3 Å². The molecule has 1 fully saturated rings. The van der Waals surface area contributed by atoms with Crippen molar-refractivity contribution in [3.8, 4) is 0 Å². The summed E-state index contributed by atoms with van der Waals surface area (Å²) in [6.07, 6.45) is 4.38. The first-order chi connectivity index (χ1) is 14.7. The van der Waals surface area contributed by atoms with E-state index in [1.807, 2.05) is 48.5 Å². The van der Waals surface area contributed by atoms with E-state index in [2.05, 4.69) is 10.2 Å². The van der Waals surface area contributed by atoms with Crippen LogP contribution in [0.5, 0.6) is 0 Å². The molecule has 1 aliphatic heterocycles. The minimum Gasteiger partial charge on any atom is -0.355 e. The number of carbonyl (C=O) groups is 1. The van der Waals surface area contributed by atoms with Gasteiger partial charge in [0.25, 0.3) is 0 Å². The third-order valence-corrected chi connectivity index (χ3v) is 6.37. The Morgan fingerprint density at radius 2 is 1.70 bits per heavy atom. The Bertz CT molecular complexity index is 1010. The number of nitrogens with zero attached hydrogens (tertiary/aromatic N) is 3. The van der Waals surface area contributed by atoms with Gasteiger partial charge in [-0.2, -0.15) is 0 Å². The molecule has 4 rings (SSSR count). The van der Waals surface area contributed by atoms with Gasteiger partial charge in [-0.3, -0.25) is 4.79 Å². The first-order valence-corrected chi connectivity index (χ1v) is 11.7. The number of halogens is 1. The highest BCUT2D eigenvalue weighted by molar-refractivity contribution is 8.00. The van der Waals surface area contributed by atoms with Crippen LogP contribution in [0.4, 0.5) is 5.82 Å². The maximum atomic E-state index is 12.4. The van der Waals surface area contributed by atoms with Gasteiger partial charge in [-0.15, -0.1) is 0 Å². The molecule has 2 aromatic carbocycles.